The van der Waals surface area contributed by atoms with E-state index in [1.165, 1.54) is 29.2 Å². The lowest BCUT2D eigenvalue weighted by Gasteiger charge is -2.16. The van der Waals surface area contributed by atoms with Crippen LogP contribution in [0.4, 0.5) is 4.39 Å². The molecule has 0 saturated heterocycles. The van der Waals surface area contributed by atoms with Crippen LogP contribution in [0.25, 0.3) is 11.5 Å². The second-order valence-corrected chi connectivity index (χ2v) is 7.38. The number of hydrogen-bond acceptors (Lipinski definition) is 6. The zero-order valence-electron chi connectivity index (χ0n) is 18.7. The molecule has 1 N–H and O–H groups in total. The molecule has 0 aliphatic heterocycles. The monoisotopic (exact) mass is 454 g/mol. The van der Waals surface area contributed by atoms with E-state index < -0.39 is 0 Å². The number of rotatable bonds is 11. The third-order valence-electron chi connectivity index (χ3n) is 4.93. The third-order valence-corrected chi connectivity index (χ3v) is 4.93. The summed E-state index contributed by atoms with van der Waals surface area (Å²) in [6.45, 7) is 4.13. The van der Waals surface area contributed by atoms with E-state index in [1.807, 2.05) is 6.92 Å². The fourth-order valence-electron chi connectivity index (χ4n) is 3.04. The molecule has 0 unspecified atom stereocenters. The Bertz CT molecular complexity index is 1050. The summed E-state index contributed by atoms with van der Waals surface area (Å²) in [4.78, 5) is 30.5. The minimum Gasteiger partial charge on any atom is -0.382 e. The number of amides is 2. The van der Waals surface area contributed by atoms with E-state index in [9.17, 15) is 14.0 Å². The van der Waals surface area contributed by atoms with Crippen LogP contribution in [-0.2, 0) is 11.2 Å². The van der Waals surface area contributed by atoms with Crippen LogP contribution in [0.2, 0.25) is 0 Å². The Labute approximate surface area is 191 Å². The molecule has 2 amide bonds. The van der Waals surface area contributed by atoms with Gasteiger partial charge in [0.15, 0.2) is 5.82 Å². The molecule has 0 aliphatic carbocycles. The van der Waals surface area contributed by atoms with Crippen molar-refractivity contribution in [3.63, 3.8) is 0 Å². The molecular formula is C24H27FN4O4. The first-order chi connectivity index (χ1) is 16.0. The Balaban J connectivity index is 1.50. The highest BCUT2D eigenvalue weighted by molar-refractivity contribution is 5.94. The summed E-state index contributed by atoms with van der Waals surface area (Å²) in [7, 11) is 1.66. The second-order valence-electron chi connectivity index (χ2n) is 7.38. The fourth-order valence-corrected chi connectivity index (χ4v) is 3.04. The summed E-state index contributed by atoms with van der Waals surface area (Å²) in [6.07, 6.45) is 1.16. The quantitative estimate of drug-likeness (QED) is 0.446. The van der Waals surface area contributed by atoms with Gasteiger partial charge in [-0.1, -0.05) is 5.16 Å². The average molecular weight is 455 g/mol. The Kier molecular flexibility index (Phi) is 8.65. The van der Waals surface area contributed by atoms with E-state index in [1.54, 1.807) is 31.3 Å². The summed E-state index contributed by atoms with van der Waals surface area (Å²) in [6, 6.07) is 12.3. The molecule has 0 spiro atoms. The number of benzene rings is 2. The van der Waals surface area contributed by atoms with Gasteiger partial charge in [-0.05, 0) is 61.9 Å². The van der Waals surface area contributed by atoms with Crippen molar-refractivity contribution >= 4 is 11.8 Å². The maximum Gasteiger partial charge on any atom is 0.257 e. The summed E-state index contributed by atoms with van der Waals surface area (Å²) in [5.74, 6) is 0.0318. The van der Waals surface area contributed by atoms with Crippen LogP contribution < -0.4 is 5.32 Å². The molecule has 1 aromatic heterocycles. The van der Waals surface area contributed by atoms with Crippen molar-refractivity contribution in [1.29, 1.82) is 0 Å². The molecule has 0 fully saturated rings. The molecule has 33 heavy (non-hydrogen) atoms. The van der Waals surface area contributed by atoms with Gasteiger partial charge in [0.25, 0.3) is 17.7 Å². The predicted molar refractivity (Wildman–Crippen MR) is 120 cm³/mol. The van der Waals surface area contributed by atoms with Crippen molar-refractivity contribution in [3.8, 4) is 11.5 Å². The normalized spacial score (nSPS) is 10.8. The van der Waals surface area contributed by atoms with E-state index in [4.69, 9.17) is 9.26 Å². The maximum atomic E-state index is 13.0. The molecule has 2 aromatic carbocycles. The molecule has 0 saturated carbocycles. The molecule has 174 valence electrons. The second kappa shape index (κ2) is 11.9. The summed E-state index contributed by atoms with van der Waals surface area (Å²) in [5.41, 5.74) is 1.64. The van der Waals surface area contributed by atoms with Crippen molar-refractivity contribution in [2.24, 2.45) is 0 Å². The first-order valence-corrected chi connectivity index (χ1v) is 10.8. The van der Waals surface area contributed by atoms with Crippen LogP contribution in [0, 0.1) is 5.82 Å². The highest BCUT2D eigenvalue weighted by Crippen LogP contribution is 2.18. The summed E-state index contributed by atoms with van der Waals surface area (Å²) < 4.78 is 23.6. The molecule has 9 heteroatoms. The third kappa shape index (κ3) is 6.95. The molecule has 1 heterocycles. The number of ether oxygens (including phenoxy) is 1. The van der Waals surface area contributed by atoms with Crippen molar-refractivity contribution in [2.45, 2.75) is 19.8 Å². The minimum absolute atomic E-state index is 0.155. The van der Waals surface area contributed by atoms with Gasteiger partial charge in [0.2, 0.25) is 0 Å². The van der Waals surface area contributed by atoms with Crippen LogP contribution >= 0.6 is 0 Å². The van der Waals surface area contributed by atoms with Gasteiger partial charge < -0.3 is 19.5 Å². The lowest BCUT2D eigenvalue weighted by atomic mass is 10.1. The van der Waals surface area contributed by atoms with Gasteiger partial charge in [0, 0.05) is 56.5 Å². The molecular weight excluding hydrogens is 427 g/mol. The van der Waals surface area contributed by atoms with E-state index in [0.717, 1.165) is 6.42 Å². The number of nitrogens with one attached hydrogen (secondary N) is 1. The Morgan fingerprint density at radius 2 is 1.79 bits per heavy atom. The molecule has 0 aliphatic rings. The van der Waals surface area contributed by atoms with Gasteiger partial charge in [-0.25, -0.2) is 4.39 Å². The van der Waals surface area contributed by atoms with Crippen LogP contribution in [0.1, 0.15) is 39.9 Å². The van der Waals surface area contributed by atoms with Gasteiger partial charge in [0.05, 0.1) is 0 Å². The minimum atomic E-state index is -0.389. The van der Waals surface area contributed by atoms with Crippen molar-refractivity contribution in [3.05, 3.63) is 71.3 Å². The fraction of sp³-hybridized carbons (Fsp3) is 0.333. The highest BCUT2D eigenvalue weighted by atomic mass is 19.1. The Hall–Kier alpha value is -3.59. The van der Waals surface area contributed by atoms with Crippen molar-refractivity contribution < 1.29 is 23.2 Å². The summed E-state index contributed by atoms with van der Waals surface area (Å²) in [5, 5.41) is 6.82. The van der Waals surface area contributed by atoms with Crippen LogP contribution in [0.3, 0.4) is 0 Å². The first-order valence-electron chi connectivity index (χ1n) is 10.8. The summed E-state index contributed by atoms with van der Waals surface area (Å²) >= 11 is 0. The molecule has 3 rings (SSSR count). The lowest BCUT2D eigenvalue weighted by Crippen LogP contribution is -2.29. The average Bonchev–Trinajstić information content (AvgIpc) is 3.31. The Morgan fingerprint density at radius 3 is 2.48 bits per heavy atom. The maximum absolute atomic E-state index is 13.0. The predicted octanol–water partition coefficient (Wildman–Crippen LogP) is 3.35. The van der Waals surface area contributed by atoms with E-state index >= 15 is 0 Å². The highest BCUT2D eigenvalue weighted by Gasteiger charge is 2.15. The topological polar surface area (TPSA) is 97.6 Å². The SMILES string of the molecule is CCOCCCNC(=O)c1ccc(-c2nc(CCN(C)C(=O)c3ccc(F)cc3)no2)cc1. The van der Waals surface area contributed by atoms with Crippen LogP contribution in [0.5, 0.6) is 0 Å². The van der Waals surface area contributed by atoms with E-state index in [0.29, 0.717) is 61.1 Å². The largest absolute Gasteiger partial charge is 0.382 e. The number of carbonyl (C=O) groups is 2. The first kappa shape index (κ1) is 24.1. The van der Waals surface area contributed by atoms with Gasteiger partial charge in [-0.3, -0.25) is 9.59 Å². The molecule has 0 bridgehead atoms. The van der Waals surface area contributed by atoms with Gasteiger partial charge in [-0.2, -0.15) is 4.98 Å². The van der Waals surface area contributed by atoms with Crippen LogP contribution in [0.15, 0.2) is 53.1 Å². The van der Waals surface area contributed by atoms with Crippen molar-refractivity contribution in [1.82, 2.24) is 20.4 Å². The lowest BCUT2D eigenvalue weighted by molar-refractivity contribution is 0.0795. The standard InChI is InChI=1S/C24H27FN4O4/c1-3-32-16-4-14-26-22(30)17-5-7-18(8-6-17)23-27-21(28-33-23)13-15-29(2)24(31)19-9-11-20(25)12-10-19/h5-12H,3-4,13-16H2,1-2H3,(H,26,30). The van der Waals surface area contributed by atoms with E-state index in [2.05, 4.69) is 15.5 Å². The number of likely N-dealkylation sites (N-methyl/N-ethyl adjacent to an activating group) is 1. The van der Waals surface area contributed by atoms with Crippen molar-refractivity contribution in [2.75, 3.05) is 33.4 Å². The number of carbonyl (C=O) groups excluding carboxylic acids is 2. The van der Waals surface area contributed by atoms with Crippen LogP contribution in [-0.4, -0.2) is 60.2 Å². The number of nitrogens with zero attached hydrogens (tertiary/aromatic N) is 3. The zero-order valence-corrected chi connectivity index (χ0v) is 18.7. The van der Waals surface area contributed by atoms with Gasteiger partial charge in [0.1, 0.15) is 5.82 Å². The van der Waals surface area contributed by atoms with Gasteiger partial charge >= 0.3 is 0 Å². The Morgan fingerprint density at radius 1 is 1.09 bits per heavy atom. The van der Waals surface area contributed by atoms with Gasteiger partial charge in [-0.15, -0.1) is 0 Å². The number of aromatic nitrogens is 2. The molecule has 0 atom stereocenters. The smallest absolute Gasteiger partial charge is 0.257 e. The number of hydrogen-bond donors (Lipinski definition) is 1. The molecule has 0 radical (unpaired) electrons. The molecule has 3 aromatic rings. The zero-order chi connectivity index (χ0) is 23.6. The van der Waals surface area contributed by atoms with E-state index in [-0.39, 0.29) is 17.6 Å². The number of halogens is 1. The molecule has 8 nitrogen and oxygen atoms in total.